The zero-order valence-electron chi connectivity index (χ0n) is 13.3. The molecule has 1 saturated carbocycles. The maximum absolute atomic E-state index is 12.1. The lowest BCUT2D eigenvalue weighted by Gasteiger charge is -2.39. The summed E-state index contributed by atoms with van der Waals surface area (Å²) < 4.78 is 0. The van der Waals surface area contributed by atoms with Crippen LogP contribution in [0.15, 0.2) is 16.8 Å². The van der Waals surface area contributed by atoms with E-state index >= 15 is 0 Å². The molecule has 0 radical (unpaired) electrons. The van der Waals surface area contributed by atoms with Gasteiger partial charge in [-0.2, -0.15) is 11.3 Å². The molecule has 0 unspecified atom stereocenters. The molecule has 7 heteroatoms. The molecular weight excluding hydrogens is 314 g/mol. The average Bonchev–Trinajstić information content (AvgIpc) is 3.19. The lowest BCUT2D eigenvalue weighted by atomic mass is 10.1. The van der Waals surface area contributed by atoms with Gasteiger partial charge in [0.2, 0.25) is 5.91 Å². The van der Waals surface area contributed by atoms with Crippen LogP contribution in [0.2, 0.25) is 0 Å². The summed E-state index contributed by atoms with van der Waals surface area (Å²) in [6, 6.07) is 1.66. The van der Waals surface area contributed by atoms with Crippen molar-refractivity contribution in [2.75, 3.05) is 26.2 Å². The van der Waals surface area contributed by atoms with E-state index in [1.54, 1.807) is 13.0 Å². The second kappa shape index (κ2) is 6.98. The van der Waals surface area contributed by atoms with E-state index in [1.165, 1.54) is 11.3 Å². The Morgan fingerprint density at radius 2 is 2.00 bits per heavy atom. The van der Waals surface area contributed by atoms with Crippen molar-refractivity contribution < 1.29 is 14.7 Å². The van der Waals surface area contributed by atoms with E-state index in [0.29, 0.717) is 18.7 Å². The number of aliphatic hydroxyl groups excluding tert-OH is 1. The predicted molar refractivity (Wildman–Crippen MR) is 88.4 cm³/mol. The number of nitrogens with one attached hydrogen (secondary N) is 1. The highest BCUT2D eigenvalue weighted by Gasteiger charge is 2.40. The number of nitrogens with zero attached hydrogens (tertiary/aromatic N) is 2. The number of hydrogen-bond acceptors (Lipinski definition) is 5. The van der Waals surface area contributed by atoms with Crippen LogP contribution in [0.4, 0.5) is 0 Å². The number of hydrogen-bond donors (Lipinski definition) is 2. The van der Waals surface area contributed by atoms with Gasteiger partial charge in [0.15, 0.2) is 0 Å². The van der Waals surface area contributed by atoms with Crippen molar-refractivity contribution in [3.05, 3.63) is 22.4 Å². The largest absolute Gasteiger partial charge is 0.389 e. The van der Waals surface area contributed by atoms with Crippen molar-refractivity contribution in [2.45, 2.75) is 38.0 Å². The Kier molecular flexibility index (Phi) is 4.99. The lowest BCUT2D eigenvalue weighted by molar-refractivity contribution is -0.131. The first-order valence-electron chi connectivity index (χ1n) is 8.07. The van der Waals surface area contributed by atoms with Crippen molar-refractivity contribution in [2.24, 2.45) is 0 Å². The van der Waals surface area contributed by atoms with Crippen molar-refractivity contribution >= 4 is 23.2 Å². The van der Waals surface area contributed by atoms with Gasteiger partial charge in [-0.25, -0.2) is 0 Å². The zero-order valence-corrected chi connectivity index (χ0v) is 14.1. The van der Waals surface area contributed by atoms with Gasteiger partial charge in [-0.3, -0.25) is 14.5 Å². The van der Waals surface area contributed by atoms with E-state index in [4.69, 9.17) is 0 Å². The second-order valence-electron chi connectivity index (χ2n) is 6.27. The summed E-state index contributed by atoms with van der Waals surface area (Å²) in [5.74, 6) is -0.00475. The van der Waals surface area contributed by atoms with E-state index in [-0.39, 0.29) is 23.9 Å². The van der Waals surface area contributed by atoms with Crippen LogP contribution in [-0.2, 0) is 4.79 Å². The van der Waals surface area contributed by atoms with Gasteiger partial charge < -0.3 is 15.3 Å². The Bertz CT molecular complexity index is 555. The number of carbonyl (C=O) groups excluding carboxylic acids is 2. The number of aliphatic hydroxyl groups is 1. The minimum Gasteiger partial charge on any atom is -0.389 e. The van der Waals surface area contributed by atoms with E-state index in [1.807, 2.05) is 15.7 Å². The quantitative estimate of drug-likeness (QED) is 0.844. The topological polar surface area (TPSA) is 72.9 Å². The zero-order chi connectivity index (χ0) is 16.4. The number of carbonyl (C=O) groups is 2. The monoisotopic (exact) mass is 337 g/mol. The van der Waals surface area contributed by atoms with Crippen LogP contribution in [-0.4, -0.2) is 71.1 Å². The molecule has 1 saturated heterocycles. The van der Waals surface area contributed by atoms with Gasteiger partial charge in [-0.05, 0) is 24.3 Å². The number of thiophene rings is 1. The Morgan fingerprint density at radius 1 is 1.26 bits per heavy atom. The third-order valence-electron chi connectivity index (χ3n) is 4.91. The second-order valence-corrected chi connectivity index (χ2v) is 7.05. The lowest BCUT2D eigenvalue weighted by Crippen LogP contribution is -2.55. The van der Waals surface area contributed by atoms with Crippen LogP contribution in [0, 0.1) is 0 Å². The van der Waals surface area contributed by atoms with Gasteiger partial charge in [0.1, 0.15) is 0 Å². The van der Waals surface area contributed by atoms with Gasteiger partial charge in [0, 0.05) is 50.1 Å². The Balaban J connectivity index is 1.54. The van der Waals surface area contributed by atoms with Crippen molar-refractivity contribution in [3.63, 3.8) is 0 Å². The molecule has 1 aromatic rings. The normalized spacial score (nSPS) is 28.8. The third kappa shape index (κ3) is 3.57. The SMILES string of the molecule is CC(=O)N1CCN([C@@H]2CC[C@@H](NC(=O)c3ccsc3)[C@H]2O)CC1. The fourth-order valence-electron chi connectivity index (χ4n) is 3.53. The van der Waals surface area contributed by atoms with E-state index in [9.17, 15) is 14.7 Å². The molecule has 2 heterocycles. The number of piperazine rings is 1. The summed E-state index contributed by atoms with van der Waals surface area (Å²) in [4.78, 5) is 27.6. The summed E-state index contributed by atoms with van der Waals surface area (Å²) in [7, 11) is 0. The van der Waals surface area contributed by atoms with Gasteiger partial charge in [-0.1, -0.05) is 0 Å². The summed E-state index contributed by atoms with van der Waals surface area (Å²) in [6.07, 6.45) is 1.10. The highest BCUT2D eigenvalue weighted by Crippen LogP contribution is 2.26. The van der Waals surface area contributed by atoms with Gasteiger partial charge in [0.25, 0.3) is 5.91 Å². The molecule has 0 aromatic carbocycles. The maximum atomic E-state index is 12.1. The van der Waals surface area contributed by atoms with Crippen LogP contribution >= 0.6 is 11.3 Å². The smallest absolute Gasteiger partial charge is 0.252 e. The van der Waals surface area contributed by atoms with Crippen molar-refractivity contribution in [3.8, 4) is 0 Å². The maximum Gasteiger partial charge on any atom is 0.252 e. The van der Waals surface area contributed by atoms with E-state index in [0.717, 1.165) is 25.9 Å². The highest BCUT2D eigenvalue weighted by atomic mass is 32.1. The molecule has 23 heavy (non-hydrogen) atoms. The molecule has 3 atom stereocenters. The molecule has 3 rings (SSSR count). The van der Waals surface area contributed by atoms with Crippen LogP contribution in [0.3, 0.4) is 0 Å². The van der Waals surface area contributed by atoms with Crippen LogP contribution in [0.5, 0.6) is 0 Å². The standard InChI is InChI=1S/C16H23N3O3S/c1-11(20)18-5-7-19(8-6-18)14-3-2-13(15(14)21)17-16(22)12-4-9-23-10-12/h4,9-10,13-15,21H,2-3,5-8H2,1H3,(H,17,22)/t13-,14-,15-/m1/s1. The molecule has 1 aromatic heterocycles. The molecule has 1 aliphatic carbocycles. The first-order chi connectivity index (χ1) is 11.1. The number of rotatable bonds is 3. The van der Waals surface area contributed by atoms with Crippen molar-refractivity contribution in [1.29, 1.82) is 0 Å². The van der Waals surface area contributed by atoms with Crippen LogP contribution in [0.25, 0.3) is 0 Å². The molecule has 2 amide bonds. The summed E-state index contributed by atoms with van der Waals surface area (Å²) in [5.41, 5.74) is 0.653. The third-order valence-corrected chi connectivity index (χ3v) is 5.59. The molecule has 2 aliphatic rings. The first kappa shape index (κ1) is 16.4. The van der Waals surface area contributed by atoms with Crippen LogP contribution in [0.1, 0.15) is 30.1 Å². The fraction of sp³-hybridized carbons (Fsp3) is 0.625. The molecule has 2 N–H and O–H groups in total. The first-order valence-corrected chi connectivity index (χ1v) is 9.01. The predicted octanol–water partition coefficient (Wildman–Crippen LogP) is 0.534. The van der Waals surface area contributed by atoms with Crippen LogP contribution < -0.4 is 5.32 Å². The summed E-state index contributed by atoms with van der Waals surface area (Å²) in [5, 5.41) is 17.2. The number of amides is 2. The molecule has 2 fully saturated rings. The molecule has 1 aliphatic heterocycles. The Morgan fingerprint density at radius 3 is 2.61 bits per heavy atom. The Hall–Kier alpha value is -1.44. The Labute approximate surface area is 140 Å². The van der Waals surface area contributed by atoms with E-state index in [2.05, 4.69) is 10.2 Å². The van der Waals surface area contributed by atoms with Gasteiger partial charge >= 0.3 is 0 Å². The van der Waals surface area contributed by atoms with Gasteiger partial charge in [0.05, 0.1) is 12.1 Å². The molecular formula is C16H23N3O3S. The molecule has 0 spiro atoms. The summed E-state index contributed by atoms with van der Waals surface area (Å²) >= 11 is 1.49. The fourth-order valence-corrected chi connectivity index (χ4v) is 4.17. The van der Waals surface area contributed by atoms with E-state index < -0.39 is 6.10 Å². The summed E-state index contributed by atoms with van der Waals surface area (Å²) in [6.45, 7) is 4.59. The minimum absolute atomic E-state index is 0.0666. The minimum atomic E-state index is -0.554. The molecule has 6 nitrogen and oxygen atoms in total. The highest BCUT2D eigenvalue weighted by molar-refractivity contribution is 7.08. The van der Waals surface area contributed by atoms with Gasteiger partial charge in [-0.15, -0.1) is 0 Å². The average molecular weight is 337 g/mol. The molecule has 0 bridgehead atoms. The molecule has 126 valence electrons. The van der Waals surface area contributed by atoms with Crippen molar-refractivity contribution in [1.82, 2.24) is 15.1 Å².